The molecule has 0 fully saturated rings. The average Bonchev–Trinajstić information content (AvgIpc) is 2.93. The minimum Gasteiger partial charge on any atom is -0.247 e. The first kappa shape index (κ1) is 14.1. The zero-order valence-corrected chi connectivity index (χ0v) is 11.8. The van der Waals surface area contributed by atoms with Crippen LogP contribution in [0.2, 0.25) is 0 Å². The fraction of sp³-hybridized carbons (Fsp3) is 0.353. The van der Waals surface area contributed by atoms with Crippen molar-refractivity contribution < 1.29 is 13.2 Å². The first-order chi connectivity index (χ1) is 10.0. The third kappa shape index (κ3) is 2.43. The van der Waals surface area contributed by atoms with Crippen molar-refractivity contribution in [1.29, 1.82) is 0 Å². The topological polar surface area (TPSA) is 12.9 Å². The maximum absolute atomic E-state index is 13.5. The molecule has 0 saturated heterocycles. The zero-order valence-electron chi connectivity index (χ0n) is 11.8. The molecule has 0 unspecified atom stereocenters. The molecule has 1 heterocycles. The molecule has 0 saturated carbocycles. The van der Waals surface area contributed by atoms with Crippen molar-refractivity contribution >= 4 is 0 Å². The highest BCUT2D eigenvalue weighted by molar-refractivity contribution is 5.72. The highest BCUT2D eigenvalue weighted by Gasteiger charge is 2.38. The Hall–Kier alpha value is -1.84. The Balaban J connectivity index is 2.34. The molecule has 0 spiro atoms. The van der Waals surface area contributed by atoms with Crippen LogP contribution in [0.1, 0.15) is 35.9 Å². The van der Waals surface area contributed by atoms with E-state index >= 15 is 0 Å². The van der Waals surface area contributed by atoms with Crippen LogP contribution in [-0.2, 0) is 25.4 Å². The molecule has 4 heteroatoms. The first-order valence-electron chi connectivity index (χ1n) is 7.19. The van der Waals surface area contributed by atoms with E-state index in [1.165, 1.54) is 0 Å². The SMILES string of the molecule is CCc1c2c(nc(C(F)(F)F)c1-c1ccccc1)CCC2. The number of hydrogen-bond donors (Lipinski definition) is 0. The van der Waals surface area contributed by atoms with Gasteiger partial charge in [0.15, 0.2) is 5.69 Å². The fourth-order valence-electron chi connectivity index (χ4n) is 3.17. The molecule has 2 aromatic rings. The Labute approximate surface area is 121 Å². The van der Waals surface area contributed by atoms with E-state index in [1.54, 1.807) is 24.3 Å². The van der Waals surface area contributed by atoms with Crippen LogP contribution in [-0.4, -0.2) is 4.98 Å². The van der Waals surface area contributed by atoms with Gasteiger partial charge in [0.2, 0.25) is 0 Å². The van der Waals surface area contributed by atoms with E-state index in [0.29, 0.717) is 24.1 Å². The van der Waals surface area contributed by atoms with Gasteiger partial charge in [-0.1, -0.05) is 37.3 Å². The number of fused-ring (bicyclic) bond motifs is 1. The lowest BCUT2D eigenvalue weighted by Crippen LogP contribution is -2.14. The second-order valence-electron chi connectivity index (χ2n) is 5.31. The molecule has 1 aromatic carbocycles. The molecular formula is C17H16F3N. The van der Waals surface area contributed by atoms with Crippen molar-refractivity contribution in [2.75, 3.05) is 0 Å². The van der Waals surface area contributed by atoms with Crippen LogP contribution in [0.25, 0.3) is 11.1 Å². The monoisotopic (exact) mass is 291 g/mol. The number of pyridine rings is 1. The number of hydrogen-bond acceptors (Lipinski definition) is 1. The third-order valence-corrected chi connectivity index (χ3v) is 4.02. The van der Waals surface area contributed by atoms with E-state index in [2.05, 4.69) is 4.98 Å². The number of rotatable bonds is 2. The smallest absolute Gasteiger partial charge is 0.247 e. The first-order valence-corrected chi connectivity index (χ1v) is 7.19. The summed E-state index contributed by atoms with van der Waals surface area (Å²) in [4.78, 5) is 3.98. The molecule has 3 rings (SSSR count). The lowest BCUT2D eigenvalue weighted by atomic mass is 9.91. The summed E-state index contributed by atoms with van der Waals surface area (Å²) in [5, 5.41) is 0. The molecule has 0 N–H and O–H groups in total. The maximum Gasteiger partial charge on any atom is 0.433 e. The Bertz CT molecular complexity index is 660. The summed E-state index contributed by atoms with van der Waals surface area (Å²) in [6, 6.07) is 8.80. The predicted octanol–water partition coefficient (Wildman–Crippen LogP) is 4.82. The lowest BCUT2D eigenvalue weighted by molar-refractivity contribution is -0.140. The summed E-state index contributed by atoms with van der Waals surface area (Å²) >= 11 is 0. The molecule has 0 amide bonds. The molecular weight excluding hydrogens is 275 g/mol. The standard InChI is InChI=1S/C17H16F3N/c1-2-12-13-9-6-10-14(13)21-16(17(18,19)20)15(12)11-7-4-3-5-8-11/h3-5,7-8H,2,6,9-10H2,1H3. The second kappa shape index (κ2) is 5.17. The number of nitrogens with zero attached hydrogens (tertiary/aromatic N) is 1. The summed E-state index contributed by atoms with van der Waals surface area (Å²) in [6.07, 6.45) is -1.44. The van der Waals surface area contributed by atoms with Gasteiger partial charge in [0.1, 0.15) is 0 Å². The highest BCUT2D eigenvalue weighted by Crippen LogP contribution is 2.41. The Morgan fingerprint density at radius 1 is 1.10 bits per heavy atom. The molecule has 0 radical (unpaired) electrons. The molecule has 110 valence electrons. The van der Waals surface area contributed by atoms with Crippen LogP contribution in [0.3, 0.4) is 0 Å². The van der Waals surface area contributed by atoms with Crippen LogP contribution in [0.5, 0.6) is 0 Å². The Morgan fingerprint density at radius 2 is 1.81 bits per heavy atom. The summed E-state index contributed by atoms with van der Waals surface area (Å²) in [5.74, 6) is 0. The van der Waals surface area contributed by atoms with Crippen molar-refractivity contribution in [3.63, 3.8) is 0 Å². The molecule has 21 heavy (non-hydrogen) atoms. The number of aryl methyl sites for hydroxylation is 1. The highest BCUT2D eigenvalue weighted by atomic mass is 19.4. The minimum absolute atomic E-state index is 0.270. The third-order valence-electron chi connectivity index (χ3n) is 4.02. The Morgan fingerprint density at radius 3 is 2.43 bits per heavy atom. The van der Waals surface area contributed by atoms with Crippen LogP contribution in [0.4, 0.5) is 13.2 Å². The molecule has 1 nitrogen and oxygen atoms in total. The van der Waals surface area contributed by atoms with Crippen molar-refractivity contribution in [2.45, 2.75) is 38.8 Å². The van der Waals surface area contributed by atoms with Crippen molar-refractivity contribution in [3.05, 3.63) is 52.8 Å². The summed E-state index contributed by atoms with van der Waals surface area (Å²) < 4.78 is 40.4. The van der Waals surface area contributed by atoms with Gasteiger partial charge in [-0.3, -0.25) is 0 Å². The van der Waals surface area contributed by atoms with E-state index in [4.69, 9.17) is 0 Å². The van der Waals surface area contributed by atoms with E-state index < -0.39 is 11.9 Å². The number of alkyl halides is 3. The summed E-state index contributed by atoms with van der Waals surface area (Å²) in [5.41, 5.74) is 2.63. The summed E-state index contributed by atoms with van der Waals surface area (Å²) in [7, 11) is 0. The fourth-order valence-corrected chi connectivity index (χ4v) is 3.17. The molecule has 1 aromatic heterocycles. The maximum atomic E-state index is 13.5. The zero-order chi connectivity index (χ0) is 15.0. The van der Waals surface area contributed by atoms with Crippen LogP contribution >= 0.6 is 0 Å². The predicted molar refractivity (Wildman–Crippen MR) is 76.1 cm³/mol. The molecule has 0 aliphatic heterocycles. The lowest BCUT2D eigenvalue weighted by Gasteiger charge is -2.19. The number of aromatic nitrogens is 1. The van der Waals surface area contributed by atoms with Gasteiger partial charge in [-0.2, -0.15) is 13.2 Å². The van der Waals surface area contributed by atoms with Gasteiger partial charge in [-0.25, -0.2) is 4.98 Å². The van der Waals surface area contributed by atoms with E-state index in [0.717, 1.165) is 24.0 Å². The van der Waals surface area contributed by atoms with Crippen molar-refractivity contribution in [2.24, 2.45) is 0 Å². The van der Waals surface area contributed by atoms with Crippen molar-refractivity contribution in [1.82, 2.24) is 4.98 Å². The van der Waals surface area contributed by atoms with Crippen molar-refractivity contribution in [3.8, 4) is 11.1 Å². The van der Waals surface area contributed by atoms with E-state index in [-0.39, 0.29) is 5.56 Å². The van der Waals surface area contributed by atoms with Gasteiger partial charge in [-0.05, 0) is 42.4 Å². The van der Waals surface area contributed by atoms with Gasteiger partial charge in [-0.15, -0.1) is 0 Å². The van der Waals surface area contributed by atoms with Crippen LogP contribution in [0, 0.1) is 0 Å². The van der Waals surface area contributed by atoms with Gasteiger partial charge >= 0.3 is 6.18 Å². The molecule has 1 aliphatic carbocycles. The Kier molecular flexibility index (Phi) is 3.47. The van der Waals surface area contributed by atoms with Crippen LogP contribution in [0.15, 0.2) is 30.3 Å². The van der Waals surface area contributed by atoms with Gasteiger partial charge in [0, 0.05) is 11.3 Å². The second-order valence-corrected chi connectivity index (χ2v) is 5.31. The van der Waals surface area contributed by atoms with E-state index in [1.807, 2.05) is 13.0 Å². The van der Waals surface area contributed by atoms with Gasteiger partial charge < -0.3 is 0 Å². The average molecular weight is 291 g/mol. The van der Waals surface area contributed by atoms with Gasteiger partial charge in [0.25, 0.3) is 0 Å². The normalized spacial score (nSPS) is 14.3. The van der Waals surface area contributed by atoms with Crippen LogP contribution < -0.4 is 0 Å². The quantitative estimate of drug-likeness (QED) is 0.773. The molecule has 0 bridgehead atoms. The van der Waals surface area contributed by atoms with E-state index in [9.17, 15) is 13.2 Å². The largest absolute Gasteiger partial charge is 0.433 e. The number of halogens is 3. The summed E-state index contributed by atoms with van der Waals surface area (Å²) in [6.45, 7) is 1.92. The molecule has 0 atom stereocenters. The minimum atomic E-state index is -4.42. The van der Waals surface area contributed by atoms with Gasteiger partial charge in [0.05, 0.1) is 0 Å². The number of benzene rings is 1. The molecule has 1 aliphatic rings.